The van der Waals surface area contributed by atoms with Gasteiger partial charge in [-0.05, 0) is 31.1 Å². The Bertz CT molecular complexity index is 966. The molecular formula is C57H110O6. The van der Waals surface area contributed by atoms with E-state index < -0.39 is 6.10 Å². The molecule has 0 saturated carbocycles. The standard InChI is InChI=1S/C57H110O6/c1-6-9-10-35-42-47-55(58)61-50-54(51-62-56(59)48-43-38-33-29-25-21-18-17-20-24-28-32-37-41-46-53(5)8-3)63-57(60)49-44-39-34-30-26-22-16-14-12-11-13-15-19-23-27-31-36-40-45-52(4)7-2/h52-54H,6-51H2,1-5H3/t52?,53?,54-/m0/s1. The van der Waals surface area contributed by atoms with Crippen molar-refractivity contribution in [2.24, 2.45) is 11.8 Å². The van der Waals surface area contributed by atoms with Crippen LogP contribution >= 0.6 is 0 Å². The van der Waals surface area contributed by atoms with E-state index in [4.69, 9.17) is 14.2 Å². The molecule has 0 aliphatic carbocycles. The van der Waals surface area contributed by atoms with Crippen molar-refractivity contribution in [2.75, 3.05) is 13.2 Å². The molecule has 0 rings (SSSR count). The van der Waals surface area contributed by atoms with Crippen LogP contribution < -0.4 is 0 Å². The second kappa shape index (κ2) is 49.8. The number of esters is 3. The van der Waals surface area contributed by atoms with E-state index in [0.29, 0.717) is 19.3 Å². The lowest BCUT2D eigenvalue weighted by atomic mass is 9.99. The number of carbonyl (C=O) groups is 3. The van der Waals surface area contributed by atoms with E-state index in [9.17, 15) is 14.4 Å². The van der Waals surface area contributed by atoms with E-state index in [0.717, 1.165) is 76.0 Å². The first-order chi connectivity index (χ1) is 30.8. The number of hydrogen-bond donors (Lipinski definition) is 0. The highest BCUT2D eigenvalue weighted by atomic mass is 16.6. The van der Waals surface area contributed by atoms with Gasteiger partial charge in [0.1, 0.15) is 13.2 Å². The van der Waals surface area contributed by atoms with E-state index in [1.807, 2.05) is 0 Å². The fraction of sp³-hybridized carbons (Fsp3) is 0.947. The quantitative estimate of drug-likeness (QED) is 0.0344. The average molecular weight is 892 g/mol. The first-order valence-corrected chi connectivity index (χ1v) is 28.3. The van der Waals surface area contributed by atoms with E-state index in [2.05, 4.69) is 34.6 Å². The highest BCUT2D eigenvalue weighted by Crippen LogP contribution is 2.19. The van der Waals surface area contributed by atoms with Crippen molar-refractivity contribution < 1.29 is 28.6 Å². The van der Waals surface area contributed by atoms with Crippen LogP contribution in [0.25, 0.3) is 0 Å². The van der Waals surface area contributed by atoms with Gasteiger partial charge in [-0.2, -0.15) is 0 Å². The van der Waals surface area contributed by atoms with Gasteiger partial charge in [-0.3, -0.25) is 14.4 Å². The molecule has 0 aromatic heterocycles. The molecule has 374 valence electrons. The van der Waals surface area contributed by atoms with Crippen LogP contribution in [0.5, 0.6) is 0 Å². The van der Waals surface area contributed by atoms with Gasteiger partial charge in [0.05, 0.1) is 0 Å². The molecule has 0 aromatic carbocycles. The molecule has 63 heavy (non-hydrogen) atoms. The molecule has 0 aromatic rings. The second-order valence-corrected chi connectivity index (χ2v) is 20.1. The van der Waals surface area contributed by atoms with Crippen molar-refractivity contribution in [1.29, 1.82) is 0 Å². The number of ether oxygens (including phenoxy) is 3. The number of carbonyl (C=O) groups excluding carboxylic acids is 3. The highest BCUT2D eigenvalue weighted by Gasteiger charge is 2.19. The monoisotopic (exact) mass is 891 g/mol. The topological polar surface area (TPSA) is 78.9 Å². The van der Waals surface area contributed by atoms with E-state index in [-0.39, 0.29) is 31.1 Å². The Morgan fingerprint density at radius 2 is 0.556 bits per heavy atom. The third-order valence-corrected chi connectivity index (χ3v) is 13.7. The smallest absolute Gasteiger partial charge is 0.306 e. The fourth-order valence-electron chi connectivity index (χ4n) is 8.63. The molecule has 0 fully saturated rings. The molecule has 2 unspecified atom stereocenters. The van der Waals surface area contributed by atoms with Crippen LogP contribution in [0.2, 0.25) is 0 Å². The van der Waals surface area contributed by atoms with Crippen LogP contribution in [0.15, 0.2) is 0 Å². The average Bonchev–Trinajstić information content (AvgIpc) is 3.28. The van der Waals surface area contributed by atoms with Crippen molar-refractivity contribution in [2.45, 2.75) is 323 Å². The molecule has 0 aliphatic heterocycles. The summed E-state index contributed by atoms with van der Waals surface area (Å²) in [6, 6.07) is 0. The predicted molar refractivity (Wildman–Crippen MR) is 270 cm³/mol. The van der Waals surface area contributed by atoms with Gasteiger partial charge in [-0.1, -0.05) is 279 Å². The van der Waals surface area contributed by atoms with Gasteiger partial charge >= 0.3 is 17.9 Å². The molecule has 0 heterocycles. The van der Waals surface area contributed by atoms with E-state index in [1.54, 1.807) is 0 Å². The lowest BCUT2D eigenvalue weighted by molar-refractivity contribution is -0.167. The molecule has 0 radical (unpaired) electrons. The third-order valence-electron chi connectivity index (χ3n) is 13.7. The van der Waals surface area contributed by atoms with Crippen LogP contribution in [-0.2, 0) is 28.6 Å². The normalized spacial score (nSPS) is 12.9. The fourth-order valence-corrected chi connectivity index (χ4v) is 8.63. The van der Waals surface area contributed by atoms with E-state index in [1.165, 1.54) is 199 Å². The van der Waals surface area contributed by atoms with Gasteiger partial charge in [0.2, 0.25) is 0 Å². The third kappa shape index (κ3) is 48.2. The van der Waals surface area contributed by atoms with Crippen LogP contribution in [0, 0.1) is 11.8 Å². The maximum atomic E-state index is 12.8. The zero-order chi connectivity index (χ0) is 46.1. The number of unbranched alkanes of at least 4 members (excludes halogenated alkanes) is 34. The second-order valence-electron chi connectivity index (χ2n) is 20.1. The number of hydrogen-bond acceptors (Lipinski definition) is 6. The Balaban J connectivity index is 4.05. The molecule has 0 bridgehead atoms. The summed E-state index contributed by atoms with van der Waals surface area (Å²) in [6.45, 7) is 11.4. The van der Waals surface area contributed by atoms with Gasteiger partial charge < -0.3 is 14.2 Å². The largest absolute Gasteiger partial charge is 0.462 e. The Morgan fingerprint density at radius 3 is 0.825 bits per heavy atom. The molecule has 0 aliphatic rings. The van der Waals surface area contributed by atoms with Crippen LogP contribution in [0.3, 0.4) is 0 Å². The maximum absolute atomic E-state index is 12.8. The molecule has 6 nitrogen and oxygen atoms in total. The van der Waals surface area contributed by atoms with E-state index >= 15 is 0 Å². The van der Waals surface area contributed by atoms with Gasteiger partial charge in [0, 0.05) is 19.3 Å². The van der Waals surface area contributed by atoms with Crippen molar-refractivity contribution in [3.05, 3.63) is 0 Å². The Hall–Kier alpha value is -1.59. The highest BCUT2D eigenvalue weighted by molar-refractivity contribution is 5.71. The van der Waals surface area contributed by atoms with Crippen molar-refractivity contribution in [1.82, 2.24) is 0 Å². The maximum Gasteiger partial charge on any atom is 0.306 e. The summed E-state index contributed by atoms with van der Waals surface area (Å²) in [5, 5.41) is 0. The molecule has 0 amide bonds. The summed E-state index contributed by atoms with van der Waals surface area (Å²) in [7, 11) is 0. The van der Waals surface area contributed by atoms with Gasteiger partial charge in [-0.25, -0.2) is 0 Å². The Labute approximate surface area is 393 Å². The minimum Gasteiger partial charge on any atom is -0.462 e. The first kappa shape index (κ1) is 61.4. The summed E-state index contributed by atoms with van der Waals surface area (Å²) in [6.07, 6.45) is 52.6. The minimum absolute atomic E-state index is 0.0641. The summed E-state index contributed by atoms with van der Waals surface area (Å²) in [5.41, 5.74) is 0. The van der Waals surface area contributed by atoms with Gasteiger partial charge in [0.25, 0.3) is 0 Å². The number of rotatable bonds is 51. The van der Waals surface area contributed by atoms with Crippen molar-refractivity contribution in [3.63, 3.8) is 0 Å². The molecule has 3 atom stereocenters. The predicted octanol–water partition coefficient (Wildman–Crippen LogP) is 18.5. The first-order valence-electron chi connectivity index (χ1n) is 28.3. The minimum atomic E-state index is -0.760. The van der Waals surface area contributed by atoms with Gasteiger partial charge in [-0.15, -0.1) is 0 Å². The molecule has 6 heteroatoms. The van der Waals surface area contributed by atoms with Crippen molar-refractivity contribution in [3.8, 4) is 0 Å². The molecule has 0 N–H and O–H groups in total. The van der Waals surface area contributed by atoms with Crippen LogP contribution in [0.4, 0.5) is 0 Å². The molecular weight excluding hydrogens is 781 g/mol. The zero-order valence-electron chi connectivity index (χ0n) is 43.2. The lowest BCUT2D eigenvalue weighted by Gasteiger charge is -2.18. The summed E-state index contributed by atoms with van der Waals surface area (Å²) < 4.78 is 16.7. The van der Waals surface area contributed by atoms with Gasteiger partial charge in [0.15, 0.2) is 6.10 Å². The lowest BCUT2D eigenvalue weighted by Crippen LogP contribution is -2.30. The van der Waals surface area contributed by atoms with Crippen LogP contribution in [-0.4, -0.2) is 37.2 Å². The zero-order valence-corrected chi connectivity index (χ0v) is 43.2. The van der Waals surface area contributed by atoms with Crippen molar-refractivity contribution >= 4 is 17.9 Å². The SMILES string of the molecule is CCCCCCCC(=O)OC[C@@H](COC(=O)CCCCCCCCCCCCCCCCC(C)CC)OC(=O)CCCCCCCCCCCCCCCCCCCCC(C)CC. The molecule has 0 spiro atoms. The molecule has 0 saturated heterocycles. The summed E-state index contributed by atoms with van der Waals surface area (Å²) in [4.78, 5) is 37.8. The van der Waals surface area contributed by atoms with Crippen LogP contribution in [0.1, 0.15) is 317 Å². The summed E-state index contributed by atoms with van der Waals surface area (Å²) >= 11 is 0. The summed E-state index contributed by atoms with van der Waals surface area (Å²) in [5.74, 6) is 0.948. The Morgan fingerprint density at radius 1 is 0.317 bits per heavy atom. The Kier molecular flexibility index (Phi) is 48.6.